The van der Waals surface area contributed by atoms with E-state index in [9.17, 15) is 9.59 Å². The first-order valence-electron chi connectivity index (χ1n) is 6.50. The van der Waals surface area contributed by atoms with Gasteiger partial charge in [-0.1, -0.05) is 20.3 Å². The van der Waals surface area contributed by atoms with Gasteiger partial charge in [0.15, 0.2) is 5.78 Å². The summed E-state index contributed by atoms with van der Waals surface area (Å²) in [5.74, 6) is 0.558. The summed E-state index contributed by atoms with van der Waals surface area (Å²) in [6.45, 7) is 4.19. The maximum atomic E-state index is 12.4. The van der Waals surface area contributed by atoms with Gasteiger partial charge in [-0.2, -0.15) is 0 Å². The number of hydrogen-bond acceptors (Lipinski definition) is 3. The highest BCUT2D eigenvalue weighted by Gasteiger charge is 2.77. The highest BCUT2D eigenvalue weighted by atomic mass is 16.5. The van der Waals surface area contributed by atoms with Crippen LogP contribution in [0.4, 0.5) is 0 Å². The van der Waals surface area contributed by atoms with Crippen molar-refractivity contribution in [2.24, 2.45) is 16.2 Å². The first-order chi connectivity index (χ1) is 7.91. The number of ether oxygens (including phenoxy) is 1. The Kier molecular flexibility index (Phi) is 2.01. The van der Waals surface area contributed by atoms with Crippen LogP contribution in [-0.4, -0.2) is 24.8 Å². The molecule has 1 unspecified atom stereocenters. The van der Waals surface area contributed by atoms with Crippen LogP contribution in [0.25, 0.3) is 0 Å². The molecule has 0 aliphatic heterocycles. The maximum Gasteiger partial charge on any atom is 0.162 e. The number of carbonyl (C=O) groups is 2. The maximum absolute atomic E-state index is 12.4. The van der Waals surface area contributed by atoms with E-state index < -0.39 is 0 Å². The molecule has 3 fully saturated rings. The van der Waals surface area contributed by atoms with Crippen molar-refractivity contribution in [2.75, 3.05) is 7.11 Å². The molecule has 0 aromatic rings. The number of Topliss-reactive ketones (excluding diaryl/α,β-unsaturated/α-hetero) is 2. The summed E-state index contributed by atoms with van der Waals surface area (Å²) in [6, 6.07) is 0. The highest BCUT2D eigenvalue weighted by Crippen LogP contribution is 2.74. The molecule has 0 aromatic carbocycles. The number of hydrogen-bond donors (Lipinski definition) is 0. The molecule has 3 aliphatic rings. The molecule has 1 spiro atoms. The molecule has 0 N–H and O–H groups in total. The monoisotopic (exact) mass is 236 g/mol. The summed E-state index contributed by atoms with van der Waals surface area (Å²) < 4.78 is 5.52. The topological polar surface area (TPSA) is 43.4 Å². The molecule has 4 atom stereocenters. The first-order valence-corrected chi connectivity index (χ1v) is 6.50. The molecule has 0 amide bonds. The van der Waals surface area contributed by atoms with Gasteiger partial charge in [-0.15, -0.1) is 0 Å². The smallest absolute Gasteiger partial charge is 0.162 e. The third kappa shape index (κ3) is 0.953. The molecule has 0 saturated heterocycles. The molecule has 3 aliphatic carbocycles. The Balaban J connectivity index is 2.22. The Morgan fingerprint density at radius 2 is 1.88 bits per heavy atom. The lowest BCUT2D eigenvalue weighted by atomic mass is 9.59. The van der Waals surface area contributed by atoms with Gasteiger partial charge >= 0.3 is 0 Å². The number of methoxy groups -OCH3 is 1. The minimum atomic E-state index is -0.355. The van der Waals surface area contributed by atoms with Crippen LogP contribution in [0.2, 0.25) is 0 Å². The lowest BCUT2D eigenvalue weighted by molar-refractivity contribution is -0.141. The Bertz CT molecular complexity index is 416. The van der Waals surface area contributed by atoms with Gasteiger partial charge in [0, 0.05) is 30.8 Å². The predicted octanol–water partition coefficient (Wildman–Crippen LogP) is 2.13. The average molecular weight is 236 g/mol. The van der Waals surface area contributed by atoms with E-state index in [-0.39, 0.29) is 28.1 Å². The van der Waals surface area contributed by atoms with E-state index in [2.05, 4.69) is 13.8 Å². The predicted molar refractivity (Wildman–Crippen MR) is 62.5 cm³/mol. The van der Waals surface area contributed by atoms with Gasteiger partial charge in [0.2, 0.25) is 0 Å². The minimum absolute atomic E-state index is 0.160. The second-order valence-corrected chi connectivity index (χ2v) is 6.58. The van der Waals surface area contributed by atoms with Crippen molar-refractivity contribution in [3.05, 3.63) is 0 Å². The summed E-state index contributed by atoms with van der Waals surface area (Å²) in [4.78, 5) is 24.6. The third-order valence-electron chi connectivity index (χ3n) is 6.02. The fourth-order valence-electron chi connectivity index (χ4n) is 5.32. The summed E-state index contributed by atoms with van der Waals surface area (Å²) in [7, 11) is 1.62. The molecule has 3 rings (SSSR count). The Hall–Kier alpha value is -0.700. The van der Waals surface area contributed by atoms with Crippen LogP contribution in [0.3, 0.4) is 0 Å². The van der Waals surface area contributed by atoms with Crippen molar-refractivity contribution >= 4 is 11.6 Å². The molecule has 94 valence electrons. The molecule has 17 heavy (non-hydrogen) atoms. The SMILES string of the molecule is COC1C(=O)C[C@@]2(C)CC(=O)[C@]3(C)CCC[C@@]123. The molecular formula is C14H20O3. The minimum Gasteiger partial charge on any atom is -0.373 e. The second kappa shape index (κ2) is 3.00. The molecule has 0 bridgehead atoms. The molecule has 0 heterocycles. The number of ketones is 2. The lowest BCUT2D eigenvalue weighted by Gasteiger charge is -2.44. The van der Waals surface area contributed by atoms with Crippen molar-refractivity contribution in [1.29, 1.82) is 0 Å². The zero-order chi connectivity index (χ0) is 12.5. The number of rotatable bonds is 1. The van der Waals surface area contributed by atoms with E-state index in [0.29, 0.717) is 18.6 Å². The summed E-state index contributed by atoms with van der Waals surface area (Å²) in [6.07, 6.45) is 3.67. The number of carbonyl (C=O) groups excluding carboxylic acids is 2. The zero-order valence-corrected chi connectivity index (χ0v) is 10.8. The third-order valence-corrected chi connectivity index (χ3v) is 6.02. The van der Waals surface area contributed by atoms with E-state index >= 15 is 0 Å². The second-order valence-electron chi connectivity index (χ2n) is 6.58. The standard InChI is InChI=1S/C14H20O3/c1-12-7-9(15)11(17-3)14(12)6-4-5-13(14,2)10(16)8-12/h11H,4-8H2,1-3H3/t11?,12-,13-,14+/m0/s1. The molecule has 3 heteroatoms. The fourth-order valence-corrected chi connectivity index (χ4v) is 5.32. The van der Waals surface area contributed by atoms with E-state index in [4.69, 9.17) is 4.74 Å². The summed E-state index contributed by atoms with van der Waals surface area (Å²) in [5, 5.41) is 0. The van der Waals surface area contributed by atoms with Crippen LogP contribution in [-0.2, 0) is 14.3 Å². The van der Waals surface area contributed by atoms with Crippen molar-refractivity contribution in [3.8, 4) is 0 Å². The molecular weight excluding hydrogens is 216 g/mol. The van der Waals surface area contributed by atoms with Crippen LogP contribution in [0, 0.1) is 16.2 Å². The van der Waals surface area contributed by atoms with Crippen LogP contribution in [0.5, 0.6) is 0 Å². The largest absolute Gasteiger partial charge is 0.373 e. The van der Waals surface area contributed by atoms with Crippen molar-refractivity contribution in [1.82, 2.24) is 0 Å². The Morgan fingerprint density at radius 3 is 2.53 bits per heavy atom. The molecule has 0 radical (unpaired) electrons. The van der Waals surface area contributed by atoms with Gasteiger partial charge in [0.25, 0.3) is 0 Å². The molecule has 0 aromatic heterocycles. The van der Waals surface area contributed by atoms with Gasteiger partial charge in [0.1, 0.15) is 11.9 Å². The van der Waals surface area contributed by atoms with E-state index in [0.717, 1.165) is 19.3 Å². The summed E-state index contributed by atoms with van der Waals surface area (Å²) >= 11 is 0. The fraction of sp³-hybridized carbons (Fsp3) is 0.857. The van der Waals surface area contributed by atoms with Gasteiger partial charge in [-0.05, 0) is 18.3 Å². The quantitative estimate of drug-likeness (QED) is 0.700. The molecule has 3 saturated carbocycles. The van der Waals surface area contributed by atoms with E-state index in [1.54, 1.807) is 7.11 Å². The zero-order valence-electron chi connectivity index (χ0n) is 10.8. The normalized spacial score (nSPS) is 53.0. The lowest BCUT2D eigenvalue weighted by Crippen LogP contribution is -2.48. The molecule has 3 nitrogen and oxygen atoms in total. The van der Waals surface area contributed by atoms with E-state index in [1.165, 1.54) is 0 Å². The van der Waals surface area contributed by atoms with Gasteiger partial charge in [0.05, 0.1) is 0 Å². The van der Waals surface area contributed by atoms with E-state index in [1.807, 2.05) is 0 Å². The van der Waals surface area contributed by atoms with Crippen molar-refractivity contribution < 1.29 is 14.3 Å². The van der Waals surface area contributed by atoms with Crippen LogP contribution < -0.4 is 0 Å². The Labute approximate surface area is 102 Å². The van der Waals surface area contributed by atoms with Crippen molar-refractivity contribution in [2.45, 2.75) is 52.1 Å². The average Bonchev–Trinajstić information content (AvgIpc) is 2.73. The van der Waals surface area contributed by atoms with Crippen LogP contribution >= 0.6 is 0 Å². The Morgan fingerprint density at radius 1 is 1.18 bits per heavy atom. The highest BCUT2D eigenvalue weighted by molar-refractivity contribution is 5.97. The van der Waals surface area contributed by atoms with Crippen molar-refractivity contribution in [3.63, 3.8) is 0 Å². The van der Waals surface area contributed by atoms with Gasteiger partial charge in [-0.3, -0.25) is 9.59 Å². The van der Waals surface area contributed by atoms with Crippen LogP contribution in [0.15, 0.2) is 0 Å². The first kappa shape index (κ1) is 11.4. The van der Waals surface area contributed by atoms with Gasteiger partial charge < -0.3 is 4.74 Å². The van der Waals surface area contributed by atoms with Crippen LogP contribution in [0.1, 0.15) is 46.0 Å². The summed E-state index contributed by atoms with van der Waals surface area (Å²) in [5.41, 5.74) is -0.704. The van der Waals surface area contributed by atoms with Gasteiger partial charge in [-0.25, -0.2) is 0 Å².